The number of piperazine rings is 1. The first-order chi connectivity index (χ1) is 9.67. The van der Waals surface area contributed by atoms with Crippen LogP contribution in [0.1, 0.15) is 37.4 Å². The lowest BCUT2D eigenvalue weighted by Crippen LogP contribution is -2.51. The molecule has 1 aliphatic heterocycles. The van der Waals surface area contributed by atoms with Crippen LogP contribution in [0.15, 0.2) is 0 Å². The summed E-state index contributed by atoms with van der Waals surface area (Å²) in [4.78, 5) is 21.6. The third kappa shape index (κ3) is 3.85. The van der Waals surface area contributed by atoms with E-state index in [1.807, 2.05) is 25.7 Å². The number of likely N-dealkylation sites (N-methyl/N-ethyl adjacent to an activating group) is 1. The van der Waals surface area contributed by atoms with Crippen LogP contribution < -0.4 is 11.1 Å². The number of hydrogen-bond donors (Lipinski definition) is 2. The predicted molar refractivity (Wildman–Crippen MR) is 87.9 cm³/mol. The molecule has 118 valence electrons. The molecule has 1 aromatic rings. The zero-order valence-electron chi connectivity index (χ0n) is 13.4. The average molecular weight is 311 g/mol. The van der Waals surface area contributed by atoms with Crippen molar-refractivity contribution < 1.29 is 4.79 Å². The van der Waals surface area contributed by atoms with E-state index in [-0.39, 0.29) is 11.4 Å². The molecule has 2 heterocycles. The van der Waals surface area contributed by atoms with Gasteiger partial charge < -0.3 is 20.9 Å². The van der Waals surface area contributed by atoms with Crippen molar-refractivity contribution in [3.05, 3.63) is 4.88 Å². The molecule has 1 saturated heterocycles. The van der Waals surface area contributed by atoms with Gasteiger partial charge in [-0.1, -0.05) is 11.3 Å². The smallest absolute Gasteiger partial charge is 0.267 e. The third-order valence-electron chi connectivity index (χ3n) is 3.58. The molecule has 7 heteroatoms. The minimum atomic E-state index is -0.104. The van der Waals surface area contributed by atoms with Crippen molar-refractivity contribution in [1.29, 1.82) is 0 Å². The second-order valence-electron chi connectivity index (χ2n) is 6.69. The van der Waals surface area contributed by atoms with Gasteiger partial charge in [0.1, 0.15) is 10.7 Å². The first kappa shape index (κ1) is 16.0. The van der Waals surface area contributed by atoms with E-state index < -0.39 is 0 Å². The summed E-state index contributed by atoms with van der Waals surface area (Å²) < 4.78 is 0. The monoisotopic (exact) mass is 311 g/mol. The van der Waals surface area contributed by atoms with E-state index in [1.165, 1.54) is 11.3 Å². The van der Waals surface area contributed by atoms with E-state index in [0.717, 1.165) is 19.6 Å². The molecule has 2 rings (SSSR count). The number of amides is 1. The summed E-state index contributed by atoms with van der Waals surface area (Å²) in [6, 6.07) is 0.365. The predicted octanol–water partition coefficient (Wildman–Crippen LogP) is 1.71. The molecule has 1 aromatic heterocycles. The molecule has 0 bridgehead atoms. The van der Waals surface area contributed by atoms with Gasteiger partial charge in [0.15, 0.2) is 5.13 Å². The molecule has 0 aliphatic carbocycles. The van der Waals surface area contributed by atoms with Gasteiger partial charge in [-0.2, -0.15) is 0 Å². The molecular weight excluding hydrogens is 286 g/mol. The number of nitrogen functional groups attached to an aromatic ring is 1. The van der Waals surface area contributed by atoms with Crippen molar-refractivity contribution in [1.82, 2.24) is 14.8 Å². The number of nitrogens with two attached hydrogens (primary N) is 1. The van der Waals surface area contributed by atoms with Crippen LogP contribution in [0.3, 0.4) is 0 Å². The SMILES string of the molecule is CC1CN(C(=O)c2sc(NC(C)(C)C)nc2N)CCN1C. The van der Waals surface area contributed by atoms with E-state index in [2.05, 4.69) is 29.2 Å². The van der Waals surface area contributed by atoms with Crippen LogP contribution in [-0.2, 0) is 0 Å². The van der Waals surface area contributed by atoms with Gasteiger partial charge in [-0.05, 0) is 34.7 Å². The van der Waals surface area contributed by atoms with E-state index in [0.29, 0.717) is 21.9 Å². The molecule has 1 fully saturated rings. The quantitative estimate of drug-likeness (QED) is 0.870. The molecule has 0 saturated carbocycles. The highest BCUT2D eigenvalue weighted by Gasteiger charge is 2.28. The average Bonchev–Trinajstić information content (AvgIpc) is 2.70. The van der Waals surface area contributed by atoms with Crippen molar-refractivity contribution >= 4 is 28.2 Å². The zero-order valence-corrected chi connectivity index (χ0v) is 14.3. The summed E-state index contributed by atoms with van der Waals surface area (Å²) >= 11 is 1.34. The van der Waals surface area contributed by atoms with Crippen LogP contribution in [0.25, 0.3) is 0 Å². The molecule has 0 radical (unpaired) electrons. The highest BCUT2D eigenvalue weighted by atomic mass is 32.1. The lowest BCUT2D eigenvalue weighted by Gasteiger charge is -2.37. The Balaban J connectivity index is 2.13. The molecule has 6 nitrogen and oxygen atoms in total. The number of thiazole rings is 1. The highest BCUT2D eigenvalue weighted by molar-refractivity contribution is 7.18. The van der Waals surface area contributed by atoms with Crippen molar-refractivity contribution in [3.63, 3.8) is 0 Å². The number of nitrogens with one attached hydrogen (secondary N) is 1. The molecule has 21 heavy (non-hydrogen) atoms. The number of hydrogen-bond acceptors (Lipinski definition) is 6. The fourth-order valence-corrected chi connectivity index (χ4v) is 3.30. The summed E-state index contributed by atoms with van der Waals surface area (Å²) in [5.74, 6) is 0.315. The summed E-state index contributed by atoms with van der Waals surface area (Å²) in [5, 5.41) is 3.96. The van der Waals surface area contributed by atoms with E-state index in [9.17, 15) is 4.79 Å². The second-order valence-corrected chi connectivity index (χ2v) is 7.69. The molecule has 1 amide bonds. The Morgan fingerprint density at radius 1 is 1.43 bits per heavy atom. The fourth-order valence-electron chi connectivity index (χ4n) is 2.24. The molecule has 0 aromatic carbocycles. The van der Waals surface area contributed by atoms with Crippen molar-refractivity contribution in [3.8, 4) is 0 Å². The number of carbonyl (C=O) groups excluding carboxylic acids is 1. The Morgan fingerprint density at radius 2 is 2.10 bits per heavy atom. The topological polar surface area (TPSA) is 74.5 Å². The maximum Gasteiger partial charge on any atom is 0.267 e. The van der Waals surface area contributed by atoms with E-state index in [1.54, 1.807) is 0 Å². The van der Waals surface area contributed by atoms with Crippen LogP contribution in [-0.4, -0.2) is 59.0 Å². The number of anilines is 2. The van der Waals surface area contributed by atoms with E-state index >= 15 is 0 Å². The molecule has 0 spiro atoms. The maximum absolute atomic E-state index is 12.6. The zero-order chi connectivity index (χ0) is 15.8. The van der Waals surface area contributed by atoms with Crippen LogP contribution in [0.2, 0.25) is 0 Å². The summed E-state index contributed by atoms with van der Waals surface area (Å²) in [5.41, 5.74) is 5.83. The molecule has 1 atom stereocenters. The number of rotatable bonds is 2. The van der Waals surface area contributed by atoms with Gasteiger partial charge in [0.2, 0.25) is 0 Å². The summed E-state index contributed by atoms with van der Waals surface area (Å²) in [6.07, 6.45) is 0. The van der Waals surface area contributed by atoms with E-state index in [4.69, 9.17) is 5.73 Å². The van der Waals surface area contributed by atoms with Crippen molar-refractivity contribution in [2.75, 3.05) is 37.7 Å². The Kier molecular flexibility index (Phi) is 4.43. The Hall–Kier alpha value is -1.34. The first-order valence-electron chi connectivity index (χ1n) is 7.21. The van der Waals surface area contributed by atoms with Crippen LogP contribution >= 0.6 is 11.3 Å². The second kappa shape index (κ2) is 5.81. The van der Waals surface area contributed by atoms with Crippen molar-refractivity contribution in [2.45, 2.75) is 39.3 Å². The Bertz CT molecular complexity index is 522. The van der Waals surface area contributed by atoms with Gasteiger partial charge in [0.05, 0.1) is 0 Å². The number of carbonyl (C=O) groups is 1. The lowest BCUT2D eigenvalue weighted by molar-refractivity contribution is 0.0578. The van der Waals surface area contributed by atoms with Crippen LogP contribution in [0.4, 0.5) is 10.9 Å². The molecule has 1 aliphatic rings. The Labute approximate surface area is 130 Å². The van der Waals surface area contributed by atoms with Gasteiger partial charge in [-0.25, -0.2) is 4.98 Å². The Morgan fingerprint density at radius 3 is 2.67 bits per heavy atom. The molecule has 3 N–H and O–H groups in total. The maximum atomic E-state index is 12.6. The summed E-state index contributed by atoms with van der Waals surface area (Å²) in [6.45, 7) is 10.6. The minimum Gasteiger partial charge on any atom is -0.382 e. The van der Waals surface area contributed by atoms with Crippen LogP contribution in [0.5, 0.6) is 0 Å². The van der Waals surface area contributed by atoms with Crippen molar-refractivity contribution in [2.24, 2.45) is 0 Å². The minimum absolute atomic E-state index is 0.00749. The largest absolute Gasteiger partial charge is 0.382 e. The van der Waals surface area contributed by atoms with Gasteiger partial charge in [0, 0.05) is 31.2 Å². The van der Waals surface area contributed by atoms with Crippen LogP contribution in [0, 0.1) is 0 Å². The number of aromatic nitrogens is 1. The molecular formula is C14H25N5OS. The standard InChI is InChI=1S/C14H25N5OS/c1-9-8-19(7-6-18(9)5)12(20)10-11(15)16-13(21-10)17-14(2,3)4/h9H,6-8,15H2,1-5H3,(H,16,17). The van der Waals surface area contributed by atoms with Gasteiger partial charge in [-0.15, -0.1) is 0 Å². The lowest BCUT2D eigenvalue weighted by atomic mass is 10.1. The molecule has 1 unspecified atom stereocenters. The highest BCUT2D eigenvalue weighted by Crippen LogP contribution is 2.28. The number of nitrogens with zero attached hydrogens (tertiary/aromatic N) is 3. The summed E-state index contributed by atoms with van der Waals surface area (Å²) in [7, 11) is 2.08. The third-order valence-corrected chi connectivity index (χ3v) is 4.55. The van der Waals surface area contributed by atoms with Gasteiger partial charge in [0.25, 0.3) is 5.91 Å². The van der Waals surface area contributed by atoms with Gasteiger partial charge in [-0.3, -0.25) is 4.79 Å². The fraction of sp³-hybridized carbons (Fsp3) is 0.714. The first-order valence-corrected chi connectivity index (χ1v) is 8.03. The van der Waals surface area contributed by atoms with Gasteiger partial charge >= 0.3 is 0 Å². The normalized spacial score (nSPS) is 20.6.